The second-order valence-corrected chi connectivity index (χ2v) is 9.15. The molecule has 0 aliphatic heterocycles. The number of fused-ring (bicyclic) bond motifs is 1. The zero-order valence-corrected chi connectivity index (χ0v) is 22.0. The second kappa shape index (κ2) is 13.4. The molecule has 6 nitrogen and oxygen atoms in total. The summed E-state index contributed by atoms with van der Waals surface area (Å²) in [7, 11) is 1.33. The van der Waals surface area contributed by atoms with Crippen molar-refractivity contribution < 1.29 is 14.3 Å². The van der Waals surface area contributed by atoms with Gasteiger partial charge in [0.05, 0.1) is 7.11 Å². The van der Waals surface area contributed by atoms with Gasteiger partial charge in [0.25, 0.3) is 5.91 Å². The molecule has 4 N–H and O–H groups in total. The smallest absolute Gasteiger partial charge is 0.328 e. The summed E-state index contributed by atoms with van der Waals surface area (Å²) in [5, 5.41) is 8.34. The van der Waals surface area contributed by atoms with Crippen molar-refractivity contribution in [3.63, 3.8) is 0 Å². The third kappa shape index (κ3) is 7.37. The third-order valence-corrected chi connectivity index (χ3v) is 6.11. The Hall–Kier alpha value is -2.74. The highest BCUT2D eigenvalue weighted by Crippen LogP contribution is 2.33. The standard InChI is InChI=1S/C27H33N3O3S.ClH/c1-17(2)13-25(27(32)33-3)30-26(31)23-12-11-20(29-15-19(28)16-34)14-24(23)22-10-6-8-18-7-4-5-9-21(18)22;/h4-12,14,17,19,25,29,34H,13,15-16,28H2,1-3H3,(H,30,31);1H. The molecule has 0 bridgehead atoms. The van der Waals surface area contributed by atoms with Crippen LogP contribution in [0.5, 0.6) is 0 Å². The van der Waals surface area contributed by atoms with E-state index in [0.29, 0.717) is 24.3 Å². The molecule has 0 aromatic heterocycles. The fraction of sp³-hybridized carbons (Fsp3) is 0.333. The van der Waals surface area contributed by atoms with Gasteiger partial charge < -0.3 is 21.1 Å². The lowest BCUT2D eigenvalue weighted by molar-refractivity contribution is -0.143. The van der Waals surface area contributed by atoms with Gasteiger partial charge in [-0.3, -0.25) is 4.79 Å². The van der Waals surface area contributed by atoms with Crippen LogP contribution in [0.3, 0.4) is 0 Å². The molecule has 2 atom stereocenters. The summed E-state index contributed by atoms with van der Waals surface area (Å²) in [4.78, 5) is 25.8. The number of thiol groups is 1. The number of amides is 1. The zero-order valence-electron chi connectivity index (χ0n) is 20.3. The molecule has 8 heteroatoms. The number of methoxy groups -OCH3 is 1. The minimum atomic E-state index is -0.718. The first kappa shape index (κ1) is 28.5. The van der Waals surface area contributed by atoms with E-state index in [-0.39, 0.29) is 30.3 Å². The molecule has 0 spiro atoms. The van der Waals surface area contributed by atoms with Gasteiger partial charge in [-0.05, 0) is 52.4 Å². The van der Waals surface area contributed by atoms with Crippen LogP contribution < -0.4 is 16.4 Å². The van der Waals surface area contributed by atoms with Crippen LogP contribution in [0.25, 0.3) is 21.9 Å². The van der Waals surface area contributed by atoms with Crippen LogP contribution in [0.2, 0.25) is 0 Å². The maximum absolute atomic E-state index is 13.4. The number of carbonyl (C=O) groups is 2. The number of anilines is 1. The molecule has 0 aliphatic rings. The molecule has 1 amide bonds. The molecule has 0 aliphatic carbocycles. The van der Waals surface area contributed by atoms with E-state index in [1.807, 2.05) is 68.4 Å². The Morgan fingerprint density at radius 3 is 2.43 bits per heavy atom. The molecular formula is C27H34ClN3O3S. The van der Waals surface area contributed by atoms with E-state index >= 15 is 0 Å². The number of hydrogen-bond acceptors (Lipinski definition) is 6. The summed E-state index contributed by atoms with van der Waals surface area (Å²) < 4.78 is 4.92. The van der Waals surface area contributed by atoms with Crippen molar-refractivity contribution >= 4 is 53.4 Å². The van der Waals surface area contributed by atoms with Crippen LogP contribution in [0.1, 0.15) is 30.6 Å². The van der Waals surface area contributed by atoms with E-state index in [9.17, 15) is 9.59 Å². The minimum Gasteiger partial charge on any atom is -0.467 e. The van der Waals surface area contributed by atoms with Gasteiger partial charge in [0.1, 0.15) is 6.04 Å². The Bertz CT molecular complexity index is 1150. The van der Waals surface area contributed by atoms with Crippen molar-refractivity contribution in [2.75, 3.05) is 24.7 Å². The molecule has 2 unspecified atom stereocenters. The van der Waals surface area contributed by atoms with Crippen molar-refractivity contribution in [3.8, 4) is 11.1 Å². The minimum absolute atomic E-state index is 0. The Balaban J connectivity index is 0.00000432. The van der Waals surface area contributed by atoms with E-state index in [2.05, 4.69) is 23.3 Å². The summed E-state index contributed by atoms with van der Waals surface area (Å²) in [5.74, 6) is 0.00368. The third-order valence-electron chi connectivity index (χ3n) is 5.65. The first-order valence-electron chi connectivity index (χ1n) is 11.4. The molecular weight excluding hydrogens is 482 g/mol. The number of halogens is 1. The van der Waals surface area contributed by atoms with E-state index in [1.54, 1.807) is 6.07 Å². The fourth-order valence-electron chi connectivity index (χ4n) is 3.91. The Morgan fingerprint density at radius 2 is 1.74 bits per heavy atom. The largest absolute Gasteiger partial charge is 0.467 e. The molecule has 0 radical (unpaired) electrons. The van der Waals surface area contributed by atoms with Gasteiger partial charge in [0.2, 0.25) is 0 Å². The Morgan fingerprint density at radius 1 is 1.03 bits per heavy atom. The van der Waals surface area contributed by atoms with Crippen LogP contribution in [-0.4, -0.2) is 43.4 Å². The monoisotopic (exact) mass is 515 g/mol. The van der Waals surface area contributed by atoms with E-state index < -0.39 is 12.0 Å². The number of benzene rings is 3. The highest BCUT2D eigenvalue weighted by Gasteiger charge is 2.25. The van der Waals surface area contributed by atoms with Gasteiger partial charge in [-0.25, -0.2) is 4.79 Å². The van der Waals surface area contributed by atoms with Gasteiger partial charge in [0.15, 0.2) is 0 Å². The number of hydrogen-bond donors (Lipinski definition) is 4. The number of carbonyl (C=O) groups excluding carboxylic acids is 2. The summed E-state index contributed by atoms with van der Waals surface area (Å²) in [5.41, 5.74) is 9.05. The van der Waals surface area contributed by atoms with Gasteiger partial charge in [-0.1, -0.05) is 56.3 Å². The highest BCUT2D eigenvalue weighted by molar-refractivity contribution is 7.80. The quantitative estimate of drug-likeness (QED) is 0.227. The SMILES string of the molecule is COC(=O)C(CC(C)C)NC(=O)c1ccc(NCC(N)CS)cc1-c1cccc2ccccc12.Cl. The van der Waals surface area contributed by atoms with Crippen molar-refractivity contribution in [2.45, 2.75) is 32.4 Å². The van der Waals surface area contributed by atoms with Gasteiger partial charge in [0, 0.05) is 29.6 Å². The average Bonchev–Trinajstić information content (AvgIpc) is 2.85. The molecule has 3 aromatic carbocycles. The maximum atomic E-state index is 13.4. The van der Waals surface area contributed by atoms with E-state index in [1.165, 1.54) is 7.11 Å². The summed E-state index contributed by atoms with van der Waals surface area (Å²) in [6.07, 6.45) is 0.489. The van der Waals surface area contributed by atoms with Gasteiger partial charge in [-0.2, -0.15) is 12.6 Å². The van der Waals surface area contributed by atoms with Crippen LogP contribution >= 0.6 is 25.0 Å². The van der Waals surface area contributed by atoms with Crippen LogP contribution in [0.15, 0.2) is 60.7 Å². The predicted octanol–water partition coefficient (Wildman–Crippen LogP) is 4.92. The van der Waals surface area contributed by atoms with Crippen molar-refractivity contribution in [3.05, 3.63) is 66.2 Å². The van der Waals surface area contributed by atoms with Gasteiger partial charge in [-0.15, -0.1) is 12.4 Å². The Labute approximate surface area is 218 Å². The maximum Gasteiger partial charge on any atom is 0.328 e. The van der Waals surface area contributed by atoms with E-state index in [0.717, 1.165) is 27.6 Å². The summed E-state index contributed by atoms with van der Waals surface area (Å²) in [6.45, 7) is 4.56. The molecule has 0 saturated heterocycles. The predicted molar refractivity (Wildman–Crippen MR) is 150 cm³/mol. The van der Waals surface area contributed by atoms with E-state index in [4.69, 9.17) is 10.5 Å². The highest BCUT2D eigenvalue weighted by atomic mass is 35.5. The average molecular weight is 516 g/mol. The molecule has 3 aromatic rings. The normalized spacial score (nSPS) is 12.5. The molecule has 35 heavy (non-hydrogen) atoms. The lowest BCUT2D eigenvalue weighted by Crippen LogP contribution is -2.42. The number of nitrogens with two attached hydrogens (primary N) is 1. The lowest BCUT2D eigenvalue weighted by Gasteiger charge is -2.20. The summed E-state index contributed by atoms with van der Waals surface area (Å²) in [6, 6.07) is 18.9. The molecule has 0 saturated carbocycles. The second-order valence-electron chi connectivity index (χ2n) is 8.79. The lowest BCUT2D eigenvalue weighted by atomic mass is 9.93. The van der Waals surface area contributed by atoms with Crippen molar-refractivity contribution in [1.82, 2.24) is 5.32 Å². The number of rotatable bonds is 10. The fourth-order valence-corrected chi connectivity index (χ4v) is 4.04. The van der Waals surface area contributed by atoms with Crippen LogP contribution in [-0.2, 0) is 9.53 Å². The van der Waals surface area contributed by atoms with Crippen LogP contribution in [0.4, 0.5) is 5.69 Å². The Kier molecular flexibility index (Phi) is 10.9. The topological polar surface area (TPSA) is 93.4 Å². The summed E-state index contributed by atoms with van der Waals surface area (Å²) >= 11 is 4.25. The molecule has 3 rings (SSSR count). The van der Waals surface area contributed by atoms with Crippen molar-refractivity contribution in [2.24, 2.45) is 11.7 Å². The molecule has 0 fully saturated rings. The first-order valence-corrected chi connectivity index (χ1v) is 12.1. The molecule has 0 heterocycles. The van der Waals surface area contributed by atoms with Gasteiger partial charge >= 0.3 is 5.97 Å². The number of esters is 1. The number of nitrogens with one attached hydrogen (secondary N) is 2. The first-order chi connectivity index (χ1) is 16.3. The van der Waals surface area contributed by atoms with Crippen molar-refractivity contribution in [1.29, 1.82) is 0 Å². The molecule has 188 valence electrons. The zero-order chi connectivity index (χ0) is 24.7. The van der Waals surface area contributed by atoms with Crippen LogP contribution in [0, 0.1) is 5.92 Å². The number of ether oxygens (including phenoxy) is 1.